The van der Waals surface area contributed by atoms with Gasteiger partial charge in [0.1, 0.15) is 12.1 Å². The number of aryl methyl sites for hydroxylation is 1. The molecule has 1 N–H and O–H groups in total. The second-order valence-corrected chi connectivity index (χ2v) is 5.46. The van der Waals surface area contributed by atoms with Gasteiger partial charge in [0.05, 0.1) is 5.52 Å². The van der Waals surface area contributed by atoms with Crippen LogP contribution in [0.2, 0.25) is 0 Å². The van der Waals surface area contributed by atoms with E-state index in [0.29, 0.717) is 6.54 Å². The van der Waals surface area contributed by atoms with Crippen LogP contribution in [-0.4, -0.2) is 15.0 Å². The van der Waals surface area contributed by atoms with Crippen LogP contribution in [-0.2, 0) is 6.54 Å². The van der Waals surface area contributed by atoms with E-state index < -0.39 is 0 Å². The van der Waals surface area contributed by atoms with Gasteiger partial charge in [-0.05, 0) is 36.8 Å². The second kappa shape index (κ2) is 5.54. The predicted molar refractivity (Wildman–Crippen MR) is 83.5 cm³/mol. The largest absolute Gasteiger partial charge is 0.365 e. The topological polar surface area (TPSA) is 50.7 Å². The van der Waals surface area contributed by atoms with Crippen LogP contribution in [0, 0.1) is 6.92 Å². The van der Waals surface area contributed by atoms with Crippen molar-refractivity contribution < 1.29 is 0 Å². The number of anilines is 1. The highest BCUT2D eigenvalue weighted by Crippen LogP contribution is 2.23. The summed E-state index contributed by atoms with van der Waals surface area (Å²) in [7, 11) is 0. The summed E-state index contributed by atoms with van der Waals surface area (Å²) in [5, 5.41) is 4.34. The molecule has 5 heteroatoms. The van der Waals surface area contributed by atoms with Crippen LogP contribution in [0.25, 0.3) is 10.9 Å². The third-order valence-electron chi connectivity index (χ3n) is 3.03. The van der Waals surface area contributed by atoms with Crippen LogP contribution in [0.1, 0.15) is 11.3 Å². The first-order valence-electron chi connectivity index (χ1n) is 6.28. The van der Waals surface area contributed by atoms with Gasteiger partial charge in [-0.25, -0.2) is 9.97 Å². The number of halogens is 1. The van der Waals surface area contributed by atoms with Gasteiger partial charge in [0.2, 0.25) is 0 Å². The summed E-state index contributed by atoms with van der Waals surface area (Å²) in [6, 6.07) is 10.0. The Bertz CT molecular complexity index is 740. The fourth-order valence-corrected chi connectivity index (χ4v) is 2.32. The normalized spacial score (nSPS) is 10.7. The monoisotopic (exact) mass is 328 g/mol. The molecule has 0 fully saturated rings. The number of benzene rings is 1. The van der Waals surface area contributed by atoms with E-state index in [2.05, 4.69) is 42.3 Å². The first-order chi connectivity index (χ1) is 9.72. The molecule has 0 amide bonds. The summed E-state index contributed by atoms with van der Waals surface area (Å²) in [6.45, 7) is 2.67. The summed E-state index contributed by atoms with van der Waals surface area (Å²) < 4.78 is 1.01. The summed E-state index contributed by atoms with van der Waals surface area (Å²) >= 11 is 3.48. The van der Waals surface area contributed by atoms with Crippen molar-refractivity contribution in [1.82, 2.24) is 15.0 Å². The Kier molecular flexibility index (Phi) is 3.60. The molecule has 100 valence electrons. The second-order valence-electron chi connectivity index (χ2n) is 4.55. The van der Waals surface area contributed by atoms with E-state index in [1.807, 2.05) is 37.4 Å². The molecule has 0 bridgehead atoms. The van der Waals surface area contributed by atoms with Crippen LogP contribution in [0.5, 0.6) is 0 Å². The zero-order chi connectivity index (χ0) is 13.9. The summed E-state index contributed by atoms with van der Waals surface area (Å²) in [4.78, 5) is 12.9. The van der Waals surface area contributed by atoms with Gasteiger partial charge in [-0.1, -0.05) is 22.0 Å². The van der Waals surface area contributed by atoms with Crippen molar-refractivity contribution in [3.63, 3.8) is 0 Å². The quantitative estimate of drug-likeness (QED) is 0.796. The first kappa shape index (κ1) is 13.0. The molecule has 0 unspecified atom stereocenters. The average molecular weight is 329 g/mol. The molecule has 20 heavy (non-hydrogen) atoms. The molecule has 0 spiro atoms. The smallest absolute Gasteiger partial charge is 0.137 e. The first-order valence-corrected chi connectivity index (χ1v) is 7.07. The number of pyridine rings is 1. The average Bonchev–Trinajstić information content (AvgIpc) is 2.47. The van der Waals surface area contributed by atoms with E-state index >= 15 is 0 Å². The maximum absolute atomic E-state index is 4.32. The SMILES string of the molecule is Cc1ccc(CNc2ncnc3ccc(Br)cc23)cn1. The van der Waals surface area contributed by atoms with E-state index in [4.69, 9.17) is 0 Å². The molecule has 0 aliphatic rings. The van der Waals surface area contributed by atoms with Gasteiger partial charge >= 0.3 is 0 Å². The van der Waals surface area contributed by atoms with E-state index in [0.717, 1.165) is 32.5 Å². The maximum Gasteiger partial charge on any atom is 0.137 e. The summed E-state index contributed by atoms with van der Waals surface area (Å²) in [6.07, 6.45) is 3.45. The summed E-state index contributed by atoms with van der Waals surface area (Å²) in [5.41, 5.74) is 3.07. The fourth-order valence-electron chi connectivity index (χ4n) is 1.96. The van der Waals surface area contributed by atoms with E-state index in [-0.39, 0.29) is 0 Å². The van der Waals surface area contributed by atoms with Gasteiger partial charge < -0.3 is 5.32 Å². The molecular weight excluding hydrogens is 316 g/mol. The van der Waals surface area contributed by atoms with Crippen LogP contribution >= 0.6 is 15.9 Å². The number of nitrogens with one attached hydrogen (secondary N) is 1. The Labute approximate surface area is 125 Å². The molecule has 2 heterocycles. The highest BCUT2D eigenvalue weighted by molar-refractivity contribution is 9.10. The third-order valence-corrected chi connectivity index (χ3v) is 3.52. The molecule has 3 aromatic rings. The van der Waals surface area contributed by atoms with Gasteiger partial charge in [-0.3, -0.25) is 4.98 Å². The number of nitrogens with zero attached hydrogens (tertiary/aromatic N) is 3. The van der Waals surface area contributed by atoms with Gasteiger partial charge in [-0.2, -0.15) is 0 Å². The zero-order valence-electron chi connectivity index (χ0n) is 11.0. The maximum atomic E-state index is 4.32. The molecule has 0 saturated carbocycles. The lowest BCUT2D eigenvalue weighted by molar-refractivity contribution is 1.06. The van der Waals surface area contributed by atoms with E-state index in [1.165, 1.54) is 0 Å². The van der Waals surface area contributed by atoms with Gasteiger partial charge in [0.25, 0.3) is 0 Å². The number of fused-ring (bicyclic) bond motifs is 1. The lowest BCUT2D eigenvalue weighted by Crippen LogP contribution is -2.03. The highest BCUT2D eigenvalue weighted by atomic mass is 79.9. The lowest BCUT2D eigenvalue weighted by atomic mass is 10.2. The Morgan fingerprint density at radius 3 is 2.80 bits per heavy atom. The number of hydrogen-bond acceptors (Lipinski definition) is 4. The zero-order valence-corrected chi connectivity index (χ0v) is 12.6. The molecule has 4 nitrogen and oxygen atoms in total. The van der Waals surface area contributed by atoms with Crippen LogP contribution in [0.4, 0.5) is 5.82 Å². The van der Waals surface area contributed by atoms with Crippen LogP contribution < -0.4 is 5.32 Å². The van der Waals surface area contributed by atoms with Crippen LogP contribution in [0.3, 0.4) is 0 Å². The van der Waals surface area contributed by atoms with Gasteiger partial charge in [-0.15, -0.1) is 0 Å². The van der Waals surface area contributed by atoms with Crippen molar-refractivity contribution in [3.05, 3.63) is 58.6 Å². The lowest BCUT2D eigenvalue weighted by Gasteiger charge is -2.08. The van der Waals surface area contributed by atoms with Crippen molar-refractivity contribution in [2.24, 2.45) is 0 Å². The minimum absolute atomic E-state index is 0.686. The Hall–Kier alpha value is -2.01. The standard InChI is InChI=1S/C15H13BrN4/c1-10-2-3-11(7-17-10)8-18-15-13-6-12(16)4-5-14(13)19-9-20-15/h2-7,9H,8H2,1H3,(H,18,19,20). The summed E-state index contributed by atoms with van der Waals surface area (Å²) in [5.74, 6) is 0.830. The molecule has 0 aliphatic heterocycles. The molecule has 0 aliphatic carbocycles. The minimum atomic E-state index is 0.686. The molecule has 2 aromatic heterocycles. The fraction of sp³-hybridized carbons (Fsp3) is 0.133. The predicted octanol–water partition coefficient (Wildman–Crippen LogP) is 3.71. The minimum Gasteiger partial charge on any atom is -0.365 e. The molecular formula is C15H13BrN4. The highest BCUT2D eigenvalue weighted by Gasteiger charge is 2.04. The Balaban J connectivity index is 1.87. The van der Waals surface area contributed by atoms with Crippen molar-refractivity contribution in [2.75, 3.05) is 5.32 Å². The number of hydrogen-bond donors (Lipinski definition) is 1. The Morgan fingerprint density at radius 1 is 1.10 bits per heavy atom. The molecule has 0 saturated heterocycles. The molecule has 1 aromatic carbocycles. The molecule has 0 atom stereocenters. The molecule has 3 rings (SSSR count). The van der Waals surface area contributed by atoms with E-state index in [1.54, 1.807) is 6.33 Å². The number of aromatic nitrogens is 3. The van der Waals surface area contributed by atoms with Crippen LogP contribution in [0.15, 0.2) is 47.3 Å². The van der Waals surface area contributed by atoms with Gasteiger partial charge in [0, 0.05) is 28.3 Å². The third kappa shape index (κ3) is 2.77. The Morgan fingerprint density at radius 2 is 2.00 bits per heavy atom. The van der Waals surface area contributed by atoms with Crippen molar-refractivity contribution >= 4 is 32.7 Å². The van der Waals surface area contributed by atoms with Crippen molar-refractivity contribution in [3.8, 4) is 0 Å². The van der Waals surface area contributed by atoms with E-state index in [9.17, 15) is 0 Å². The van der Waals surface area contributed by atoms with Gasteiger partial charge in [0.15, 0.2) is 0 Å². The number of rotatable bonds is 3. The van der Waals surface area contributed by atoms with Crippen molar-refractivity contribution in [2.45, 2.75) is 13.5 Å². The molecule has 0 radical (unpaired) electrons. The van der Waals surface area contributed by atoms with Crippen molar-refractivity contribution in [1.29, 1.82) is 0 Å².